The highest BCUT2D eigenvalue weighted by molar-refractivity contribution is 5.41. The molecular weight excluding hydrogens is 528 g/mol. The molecule has 0 aliphatic heterocycles. The summed E-state index contributed by atoms with van der Waals surface area (Å²) in [6, 6.07) is 14.8. The third-order valence-corrected chi connectivity index (χ3v) is 11.3. The van der Waals surface area contributed by atoms with Crippen molar-refractivity contribution in [3.63, 3.8) is 0 Å². The molecular formula is C39H58N2O2. The van der Waals surface area contributed by atoms with Gasteiger partial charge in [-0.3, -0.25) is 9.80 Å². The topological polar surface area (TPSA) is 24.9 Å². The van der Waals surface area contributed by atoms with Gasteiger partial charge in [-0.15, -0.1) is 0 Å². The van der Waals surface area contributed by atoms with E-state index in [1.165, 1.54) is 113 Å². The Labute approximate surface area is 262 Å². The number of ether oxygens (including phenoxy) is 2. The van der Waals surface area contributed by atoms with E-state index in [4.69, 9.17) is 9.47 Å². The van der Waals surface area contributed by atoms with Crippen molar-refractivity contribution in [2.45, 2.75) is 115 Å². The number of hydrogen-bond acceptors (Lipinski definition) is 4. The second-order valence-corrected chi connectivity index (χ2v) is 14.7. The van der Waals surface area contributed by atoms with Crippen molar-refractivity contribution in [3.8, 4) is 11.5 Å². The lowest BCUT2D eigenvalue weighted by atomic mass is 9.79. The molecule has 0 saturated heterocycles. The van der Waals surface area contributed by atoms with Crippen LogP contribution in [0.2, 0.25) is 0 Å². The van der Waals surface area contributed by atoms with Gasteiger partial charge in [0.15, 0.2) is 0 Å². The van der Waals surface area contributed by atoms with Gasteiger partial charge in [0.25, 0.3) is 0 Å². The molecule has 0 N–H and O–H groups in total. The van der Waals surface area contributed by atoms with Crippen molar-refractivity contribution in [1.29, 1.82) is 0 Å². The molecule has 0 spiro atoms. The molecule has 5 aliphatic rings. The van der Waals surface area contributed by atoms with E-state index in [-0.39, 0.29) is 0 Å². The minimum atomic E-state index is 0.620. The highest BCUT2D eigenvalue weighted by atomic mass is 16.5. The number of methoxy groups -OCH3 is 2. The molecule has 0 aromatic heterocycles. The fraction of sp³-hybridized carbons (Fsp3) is 0.692. The summed E-state index contributed by atoms with van der Waals surface area (Å²) in [7, 11) is 3.53. The molecule has 2 aromatic carbocycles. The third kappa shape index (κ3) is 7.79. The Bertz CT molecular complexity index is 1190. The molecule has 0 radical (unpaired) electrons. The zero-order chi connectivity index (χ0) is 29.9. The Morgan fingerprint density at radius 2 is 1.12 bits per heavy atom. The molecule has 4 heteroatoms. The van der Waals surface area contributed by atoms with Crippen molar-refractivity contribution in [3.05, 3.63) is 58.7 Å². The first-order chi connectivity index (χ1) is 21.0. The summed E-state index contributed by atoms with van der Waals surface area (Å²) in [5.41, 5.74) is 6.12. The minimum absolute atomic E-state index is 0.620. The minimum Gasteiger partial charge on any atom is -0.497 e. The van der Waals surface area contributed by atoms with E-state index in [0.29, 0.717) is 17.9 Å². The average molecular weight is 587 g/mol. The highest BCUT2D eigenvalue weighted by Crippen LogP contribution is 2.41. The number of fused-ring (bicyclic) bond motifs is 2. The molecule has 5 aliphatic carbocycles. The Morgan fingerprint density at radius 1 is 0.605 bits per heavy atom. The first-order valence-corrected chi connectivity index (χ1v) is 17.8. The molecule has 2 aromatic rings. The number of rotatable bonds is 12. The van der Waals surface area contributed by atoms with Crippen molar-refractivity contribution in [2.24, 2.45) is 17.8 Å². The van der Waals surface area contributed by atoms with E-state index in [2.05, 4.69) is 67.0 Å². The van der Waals surface area contributed by atoms with Crippen LogP contribution in [0, 0.1) is 17.8 Å². The van der Waals surface area contributed by atoms with Gasteiger partial charge >= 0.3 is 0 Å². The van der Waals surface area contributed by atoms with Gasteiger partial charge in [-0.25, -0.2) is 0 Å². The average Bonchev–Trinajstić information content (AvgIpc) is 3.86. The maximum Gasteiger partial charge on any atom is 0.119 e. The number of hydrogen-bond donors (Lipinski definition) is 0. The summed E-state index contributed by atoms with van der Waals surface area (Å²) >= 11 is 0. The lowest BCUT2D eigenvalue weighted by molar-refractivity contribution is 0.145. The van der Waals surface area contributed by atoms with Crippen molar-refractivity contribution < 1.29 is 9.47 Å². The van der Waals surface area contributed by atoms with E-state index in [9.17, 15) is 0 Å². The SMILES string of the molecule is CCCN(CC1CC1)C1CCc2ccc(OC)cc2C1C.COc1ccc2c(c1)CCC(N(CC1CC1)CC1CC1)C2C. The molecule has 43 heavy (non-hydrogen) atoms. The first-order valence-electron chi connectivity index (χ1n) is 17.8. The van der Waals surface area contributed by atoms with E-state index < -0.39 is 0 Å². The van der Waals surface area contributed by atoms with Crippen LogP contribution < -0.4 is 9.47 Å². The molecule has 4 nitrogen and oxygen atoms in total. The molecule has 0 amide bonds. The molecule has 3 fully saturated rings. The Morgan fingerprint density at radius 3 is 1.70 bits per heavy atom. The highest BCUT2D eigenvalue weighted by Gasteiger charge is 2.37. The summed E-state index contributed by atoms with van der Waals surface area (Å²) in [4.78, 5) is 5.65. The van der Waals surface area contributed by atoms with E-state index in [1.807, 2.05) is 0 Å². The van der Waals surface area contributed by atoms with Gasteiger partial charge in [0.1, 0.15) is 11.5 Å². The summed E-state index contributed by atoms with van der Waals surface area (Å²) < 4.78 is 10.8. The number of aryl methyl sites for hydroxylation is 2. The van der Waals surface area contributed by atoms with Crippen LogP contribution >= 0.6 is 0 Å². The summed E-state index contributed by atoms with van der Waals surface area (Å²) in [5, 5.41) is 0. The molecule has 0 bridgehead atoms. The maximum absolute atomic E-state index is 5.43. The van der Waals surface area contributed by atoms with Gasteiger partial charge in [-0.05, 0) is 153 Å². The van der Waals surface area contributed by atoms with E-state index in [1.54, 1.807) is 19.8 Å². The summed E-state index contributed by atoms with van der Waals surface area (Å²) in [6.07, 6.45) is 15.1. The van der Waals surface area contributed by atoms with E-state index in [0.717, 1.165) is 35.3 Å². The molecule has 3 saturated carbocycles. The van der Waals surface area contributed by atoms with Gasteiger partial charge < -0.3 is 9.47 Å². The fourth-order valence-corrected chi connectivity index (χ4v) is 8.16. The lowest BCUT2D eigenvalue weighted by Gasteiger charge is -2.40. The quantitative estimate of drug-likeness (QED) is 0.249. The van der Waals surface area contributed by atoms with Gasteiger partial charge in [-0.1, -0.05) is 32.9 Å². The normalized spacial score (nSPS) is 26.4. The van der Waals surface area contributed by atoms with Crippen LogP contribution in [0.15, 0.2) is 36.4 Å². The first kappa shape index (κ1) is 31.0. The van der Waals surface area contributed by atoms with Crippen LogP contribution in [-0.4, -0.2) is 62.3 Å². The predicted molar refractivity (Wildman–Crippen MR) is 179 cm³/mol. The number of nitrogens with zero attached hydrogens (tertiary/aromatic N) is 2. The molecule has 4 atom stereocenters. The zero-order valence-corrected chi connectivity index (χ0v) is 27.8. The molecule has 0 heterocycles. The van der Waals surface area contributed by atoms with Crippen LogP contribution in [0.3, 0.4) is 0 Å². The van der Waals surface area contributed by atoms with Crippen LogP contribution in [0.5, 0.6) is 11.5 Å². The van der Waals surface area contributed by atoms with Crippen LogP contribution in [0.25, 0.3) is 0 Å². The fourth-order valence-electron chi connectivity index (χ4n) is 8.16. The second kappa shape index (κ2) is 13.9. The molecule has 7 rings (SSSR count). The van der Waals surface area contributed by atoms with Gasteiger partial charge in [0.2, 0.25) is 0 Å². The molecule has 4 unspecified atom stereocenters. The van der Waals surface area contributed by atoms with Gasteiger partial charge in [0.05, 0.1) is 14.2 Å². The monoisotopic (exact) mass is 586 g/mol. The Balaban J connectivity index is 0.000000153. The Kier molecular flexibility index (Phi) is 10.0. The largest absolute Gasteiger partial charge is 0.497 e. The maximum atomic E-state index is 5.43. The summed E-state index contributed by atoms with van der Waals surface area (Å²) in [6.45, 7) is 12.5. The van der Waals surface area contributed by atoms with Gasteiger partial charge in [-0.2, -0.15) is 0 Å². The van der Waals surface area contributed by atoms with Crippen LogP contribution in [0.1, 0.15) is 113 Å². The summed E-state index contributed by atoms with van der Waals surface area (Å²) in [5.74, 6) is 6.28. The predicted octanol–water partition coefficient (Wildman–Crippen LogP) is 8.47. The lowest BCUT2D eigenvalue weighted by Crippen LogP contribution is -2.43. The third-order valence-electron chi connectivity index (χ3n) is 11.3. The van der Waals surface area contributed by atoms with E-state index >= 15 is 0 Å². The van der Waals surface area contributed by atoms with Gasteiger partial charge in [0, 0.05) is 31.7 Å². The smallest absolute Gasteiger partial charge is 0.119 e. The van der Waals surface area contributed by atoms with Crippen LogP contribution in [-0.2, 0) is 12.8 Å². The second-order valence-electron chi connectivity index (χ2n) is 14.7. The standard InChI is InChI=1S/C20H29NO.C19H29NO/c1-14-19-9-8-18(22-2)11-17(19)7-10-20(14)21(12-15-3-4-15)13-16-5-6-16;1-4-11-20(13-15-5-6-15)19-10-8-16-7-9-17(21-3)12-18(16)14(19)2/h8-9,11,14-16,20H,3-7,10,12-13H2,1-2H3;7,9,12,14-15,19H,4-6,8,10-11,13H2,1-3H3. The Hall–Kier alpha value is -2.04. The zero-order valence-electron chi connectivity index (χ0n) is 27.8. The van der Waals surface area contributed by atoms with Crippen LogP contribution in [0.4, 0.5) is 0 Å². The van der Waals surface area contributed by atoms with Crippen molar-refractivity contribution in [1.82, 2.24) is 9.80 Å². The molecule has 236 valence electrons. The number of benzene rings is 2. The van der Waals surface area contributed by atoms with Crippen molar-refractivity contribution >= 4 is 0 Å². The van der Waals surface area contributed by atoms with Crippen molar-refractivity contribution in [2.75, 3.05) is 40.4 Å².